The highest BCUT2D eigenvalue weighted by Gasteiger charge is 2.30. The van der Waals surface area contributed by atoms with Gasteiger partial charge in [-0.05, 0) is 50.2 Å². The quantitative estimate of drug-likeness (QED) is 0.914. The number of methoxy groups -OCH3 is 1. The minimum absolute atomic E-state index is 0.204. The Labute approximate surface area is 124 Å². The van der Waals surface area contributed by atoms with E-state index in [1.165, 1.54) is 0 Å². The summed E-state index contributed by atoms with van der Waals surface area (Å²) in [5, 5.41) is 2.84. The van der Waals surface area contributed by atoms with Crippen LogP contribution in [0, 0.1) is 0 Å². The fourth-order valence-electron chi connectivity index (χ4n) is 1.79. The second-order valence-corrected chi connectivity index (χ2v) is 5.11. The van der Waals surface area contributed by atoms with E-state index in [9.17, 15) is 4.79 Å². The van der Waals surface area contributed by atoms with Gasteiger partial charge in [0.15, 0.2) is 5.60 Å². The van der Waals surface area contributed by atoms with Gasteiger partial charge in [-0.3, -0.25) is 4.79 Å². The van der Waals surface area contributed by atoms with E-state index < -0.39 is 5.60 Å². The first-order chi connectivity index (χ1) is 10.0. The molecule has 0 radical (unpaired) electrons. The summed E-state index contributed by atoms with van der Waals surface area (Å²) in [6.45, 7) is 3.46. The highest BCUT2D eigenvalue weighted by atomic mass is 16.5. The Hall–Kier alpha value is -2.49. The molecule has 0 heterocycles. The van der Waals surface area contributed by atoms with Gasteiger partial charge in [0.25, 0.3) is 5.91 Å². The molecule has 2 aromatic carbocycles. The summed E-state index contributed by atoms with van der Waals surface area (Å²) in [5.41, 5.74) is -0.237. The number of amides is 1. The molecular weight excluding hydrogens is 266 g/mol. The summed E-state index contributed by atoms with van der Waals surface area (Å²) in [5.74, 6) is 1.16. The third-order valence-corrected chi connectivity index (χ3v) is 3.01. The SMILES string of the molecule is COc1ccc(OC(C)(C)C(=O)Nc2ccccc2)cc1. The predicted molar refractivity (Wildman–Crippen MR) is 82.8 cm³/mol. The van der Waals surface area contributed by atoms with Crippen LogP contribution in [0.15, 0.2) is 54.6 Å². The molecule has 0 fully saturated rings. The Bertz CT molecular complexity index is 591. The Kier molecular flexibility index (Phi) is 4.48. The molecule has 0 bridgehead atoms. The zero-order valence-electron chi connectivity index (χ0n) is 12.4. The largest absolute Gasteiger partial charge is 0.497 e. The number of hydrogen-bond donors (Lipinski definition) is 1. The molecule has 0 aliphatic heterocycles. The lowest BCUT2D eigenvalue weighted by atomic mass is 10.1. The van der Waals surface area contributed by atoms with Crippen LogP contribution in [0.5, 0.6) is 11.5 Å². The third-order valence-electron chi connectivity index (χ3n) is 3.01. The van der Waals surface area contributed by atoms with Gasteiger partial charge in [-0.25, -0.2) is 0 Å². The van der Waals surface area contributed by atoms with Gasteiger partial charge in [-0.1, -0.05) is 18.2 Å². The third kappa shape index (κ3) is 3.99. The summed E-state index contributed by atoms with van der Waals surface area (Å²) in [7, 11) is 1.60. The van der Waals surface area contributed by atoms with Gasteiger partial charge in [-0.2, -0.15) is 0 Å². The van der Waals surface area contributed by atoms with Crippen LogP contribution in [0.3, 0.4) is 0 Å². The van der Waals surface area contributed by atoms with Crippen molar-refractivity contribution in [3.05, 3.63) is 54.6 Å². The molecule has 0 aliphatic rings. The number of carbonyl (C=O) groups is 1. The van der Waals surface area contributed by atoms with E-state index in [0.29, 0.717) is 5.75 Å². The van der Waals surface area contributed by atoms with Gasteiger partial charge < -0.3 is 14.8 Å². The van der Waals surface area contributed by atoms with Crippen LogP contribution < -0.4 is 14.8 Å². The summed E-state index contributed by atoms with van der Waals surface area (Å²) >= 11 is 0. The van der Waals surface area contributed by atoms with E-state index in [4.69, 9.17) is 9.47 Å². The highest BCUT2D eigenvalue weighted by Crippen LogP contribution is 2.22. The van der Waals surface area contributed by atoms with E-state index in [2.05, 4.69) is 5.32 Å². The number of hydrogen-bond acceptors (Lipinski definition) is 3. The van der Waals surface area contributed by atoms with Gasteiger partial charge in [0, 0.05) is 5.69 Å². The maximum absolute atomic E-state index is 12.3. The molecule has 1 amide bonds. The topological polar surface area (TPSA) is 47.6 Å². The fourth-order valence-corrected chi connectivity index (χ4v) is 1.79. The summed E-state index contributed by atoms with van der Waals surface area (Å²) in [6.07, 6.45) is 0. The Morgan fingerprint density at radius 2 is 1.52 bits per heavy atom. The van der Waals surface area contributed by atoms with E-state index in [1.54, 1.807) is 45.2 Å². The maximum Gasteiger partial charge on any atom is 0.267 e. The van der Waals surface area contributed by atoms with Crippen molar-refractivity contribution >= 4 is 11.6 Å². The van der Waals surface area contributed by atoms with Crippen LogP contribution in [-0.4, -0.2) is 18.6 Å². The van der Waals surface area contributed by atoms with Crippen molar-refractivity contribution in [3.8, 4) is 11.5 Å². The molecule has 0 spiro atoms. The molecule has 21 heavy (non-hydrogen) atoms. The van der Waals surface area contributed by atoms with Crippen molar-refractivity contribution in [1.82, 2.24) is 0 Å². The summed E-state index contributed by atoms with van der Waals surface area (Å²) in [4.78, 5) is 12.3. The average Bonchev–Trinajstić information content (AvgIpc) is 2.48. The molecule has 2 rings (SSSR count). The number of rotatable bonds is 5. The average molecular weight is 285 g/mol. The first-order valence-electron chi connectivity index (χ1n) is 6.71. The zero-order valence-corrected chi connectivity index (χ0v) is 12.4. The van der Waals surface area contributed by atoms with Crippen LogP contribution >= 0.6 is 0 Å². The van der Waals surface area contributed by atoms with Crippen LogP contribution in [0.25, 0.3) is 0 Å². The molecule has 110 valence electrons. The van der Waals surface area contributed by atoms with Gasteiger partial charge >= 0.3 is 0 Å². The van der Waals surface area contributed by atoms with E-state index >= 15 is 0 Å². The molecule has 0 aromatic heterocycles. The highest BCUT2D eigenvalue weighted by molar-refractivity contribution is 5.96. The van der Waals surface area contributed by atoms with Crippen LogP contribution in [0.4, 0.5) is 5.69 Å². The molecule has 0 unspecified atom stereocenters. The molecule has 4 nitrogen and oxygen atoms in total. The molecule has 2 aromatic rings. The zero-order chi connectivity index (χ0) is 15.3. The molecule has 4 heteroatoms. The number of ether oxygens (including phenoxy) is 2. The first kappa shape index (κ1) is 14.9. The van der Waals surface area contributed by atoms with Gasteiger partial charge in [0.1, 0.15) is 11.5 Å². The molecule has 0 saturated heterocycles. The van der Waals surface area contributed by atoms with Crippen molar-refractivity contribution in [1.29, 1.82) is 0 Å². The minimum Gasteiger partial charge on any atom is -0.497 e. The van der Waals surface area contributed by atoms with Gasteiger partial charge in [-0.15, -0.1) is 0 Å². The summed E-state index contributed by atoms with van der Waals surface area (Å²) < 4.78 is 10.9. The standard InChI is InChI=1S/C17H19NO3/c1-17(2,16(19)18-13-7-5-4-6-8-13)21-15-11-9-14(20-3)10-12-15/h4-12H,1-3H3,(H,18,19). The normalized spacial score (nSPS) is 10.8. The Morgan fingerprint density at radius 3 is 2.10 bits per heavy atom. The first-order valence-corrected chi connectivity index (χ1v) is 6.71. The van der Waals surface area contributed by atoms with Crippen molar-refractivity contribution in [2.24, 2.45) is 0 Å². The lowest BCUT2D eigenvalue weighted by Gasteiger charge is -2.25. The second kappa shape index (κ2) is 6.31. The minimum atomic E-state index is -0.982. The molecule has 0 atom stereocenters. The van der Waals surface area contributed by atoms with Gasteiger partial charge in [0.2, 0.25) is 0 Å². The van der Waals surface area contributed by atoms with Crippen molar-refractivity contribution in [2.45, 2.75) is 19.4 Å². The number of benzene rings is 2. The van der Waals surface area contributed by atoms with Crippen molar-refractivity contribution in [3.63, 3.8) is 0 Å². The van der Waals surface area contributed by atoms with Gasteiger partial charge in [0.05, 0.1) is 7.11 Å². The molecule has 0 aliphatic carbocycles. The van der Waals surface area contributed by atoms with Crippen LogP contribution in [0.1, 0.15) is 13.8 Å². The monoisotopic (exact) mass is 285 g/mol. The van der Waals surface area contributed by atoms with E-state index in [-0.39, 0.29) is 5.91 Å². The van der Waals surface area contributed by atoms with Crippen molar-refractivity contribution in [2.75, 3.05) is 12.4 Å². The second-order valence-electron chi connectivity index (χ2n) is 5.11. The lowest BCUT2D eigenvalue weighted by molar-refractivity contribution is -0.128. The maximum atomic E-state index is 12.3. The van der Waals surface area contributed by atoms with Crippen LogP contribution in [-0.2, 0) is 4.79 Å². The Morgan fingerprint density at radius 1 is 0.952 bits per heavy atom. The smallest absolute Gasteiger partial charge is 0.267 e. The van der Waals surface area contributed by atoms with E-state index in [1.807, 2.05) is 30.3 Å². The molecular formula is C17H19NO3. The number of nitrogens with one attached hydrogen (secondary N) is 1. The predicted octanol–water partition coefficient (Wildman–Crippen LogP) is 3.49. The van der Waals surface area contributed by atoms with E-state index in [0.717, 1.165) is 11.4 Å². The summed E-state index contributed by atoms with van der Waals surface area (Å²) in [6, 6.07) is 16.4. The molecule has 1 N–H and O–H groups in total. The number of para-hydroxylation sites is 1. The van der Waals surface area contributed by atoms with Crippen molar-refractivity contribution < 1.29 is 14.3 Å². The Balaban J connectivity index is 2.04. The lowest BCUT2D eigenvalue weighted by Crippen LogP contribution is -2.42. The van der Waals surface area contributed by atoms with Crippen LogP contribution in [0.2, 0.25) is 0 Å². The number of anilines is 1. The fraction of sp³-hybridized carbons (Fsp3) is 0.235. The molecule has 0 saturated carbocycles. The number of carbonyl (C=O) groups excluding carboxylic acids is 1.